The number of carbonyl (C=O) groups excluding carboxylic acids is 1. The van der Waals surface area contributed by atoms with Crippen LogP contribution in [0.3, 0.4) is 0 Å². The maximum atomic E-state index is 13.0. The van der Waals surface area contributed by atoms with Crippen molar-refractivity contribution in [2.45, 2.75) is 43.1 Å². The summed E-state index contributed by atoms with van der Waals surface area (Å²) in [6.07, 6.45) is 3.56. The molecule has 7 nitrogen and oxygen atoms in total. The molecule has 0 radical (unpaired) electrons. The Morgan fingerprint density at radius 1 is 1.43 bits per heavy atom. The Balaban J connectivity index is 1.89. The minimum absolute atomic E-state index is 0.294. The van der Waals surface area contributed by atoms with Crippen LogP contribution in [-0.2, 0) is 4.74 Å². The maximum absolute atomic E-state index is 13.0. The fourth-order valence-corrected chi connectivity index (χ4v) is 4.15. The van der Waals surface area contributed by atoms with Gasteiger partial charge in [0.15, 0.2) is 5.65 Å². The van der Waals surface area contributed by atoms with Crippen LogP contribution < -0.4 is 4.90 Å². The molecule has 3 heterocycles. The average Bonchev–Trinajstić information content (AvgIpc) is 2.96. The summed E-state index contributed by atoms with van der Waals surface area (Å²) in [5.74, 6) is 0.540. The Morgan fingerprint density at radius 3 is 2.75 bits per heavy atom. The minimum atomic E-state index is -0.602. The largest absolute Gasteiger partial charge is 0.443 e. The number of anilines is 1. The van der Waals surface area contributed by atoms with E-state index < -0.39 is 11.7 Å². The minimum Gasteiger partial charge on any atom is -0.443 e. The first kappa shape index (κ1) is 22.0. The second-order valence-electron chi connectivity index (χ2n) is 7.81. The van der Waals surface area contributed by atoms with Gasteiger partial charge in [0.2, 0.25) is 0 Å². The predicted molar refractivity (Wildman–Crippen MR) is 123 cm³/mol. The van der Waals surface area contributed by atoms with Gasteiger partial charge in [0, 0.05) is 23.1 Å². The molecule has 3 rings (SSSR count). The van der Waals surface area contributed by atoms with Gasteiger partial charge in [-0.1, -0.05) is 34.2 Å². The Morgan fingerprint density at radius 2 is 2.11 bits per heavy atom. The molecule has 2 aromatic heterocycles. The van der Waals surface area contributed by atoms with E-state index in [0.717, 1.165) is 23.6 Å². The third-order valence-electron chi connectivity index (χ3n) is 4.43. The van der Waals surface area contributed by atoms with E-state index in [1.165, 1.54) is 12.8 Å². The van der Waals surface area contributed by atoms with Crippen LogP contribution >= 0.6 is 50.1 Å². The average molecular weight is 585 g/mol. The highest BCUT2D eigenvalue weighted by Gasteiger charge is 2.27. The molecule has 154 valence electrons. The van der Waals surface area contributed by atoms with Gasteiger partial charge in [-0.3, -0.25) is 4.90 Å². The molecular weight excluding hydrogens is 560 g/mol. The third-order valence-corrected chi connectivity index (χ3v) is 6.42. The zero-order valence-corrected chi connectivity index (χ0v) is 20.7. The van der Waals surface area contributed by atoms with Gasteiger partial charge in [0.1, 0.15) is 16.6 Å². The van der Waals surface area contributed by atoms with E-state index in [-0.39, 0.29) is 0 Å². The topological polar surface area (TPSA) is 63.0 Å². The van der Waals surface area contributed by atoms with Crippen LogP contribution in [0.15, 0.2) is 16.7 Å². The van der Waals surface area contributed by atoms with Crippen molar-refractivity contribution in [3.63, 3.8) is 0 Å². The number of hydrogen-bond acceptors (Lipinski definition) is 5. The van der Waals surface area contributed by atoms with Gasteiger partial charge in [-0.2, -0.15) is 9.61 Å². The number of hydrogen-bond donors (Lipinski definition) is 0. The van der Waals surface area contributed by atoms with Gasteiger partial charge in [-0.05, 0) is 62.6 Å². The van der Waals surface area contributed by atoms with Crippen LogP contribution in [0.5, 0.6) is 0 Å². The van der Waals surface area contributed by atoms with Crippen molar-refractivity contribution >= 4 is 67.7 Å². The third kappa shape index (κ3) is 5.48. The van der Waals surface area contributed by atoms with Crippen molar-refractivity contribution in [1.82, 2.24) is 19.5 Å². The number of likely N-dealkylation sites (tertiary alicyclic amines) is 1. The number of amides is 1. The number of aromatic nitrogens is 3. The zero-order valence-electron chi connectivity index (χ0n) is 16.2. The van der Waals surface area contributed by atoms with Gasteiger partial charge in [0.05, 0.1) is 10.7 Å². The number of ether oxygens (including phenoxy) is 1. The lowest BCUT2D eigenvalue weighted by molar-refractivity contribution is 0.0573. The van der Waals surface area contributed by atoms with E-state index in [2.05, 4.69) is 53.5 Å². The molecule has 0 atom stereocenters. The van der Waals surface area contributed by atoms with E-state index in [1.807, 2.05) is 20.8 Å². The van der Waals surface area contributed by atoms with Crippen molar-refractivity contribution in [2.24, 2.45) is 0 Å². The number of piperidine rings is 1. The lowest BCUT2D eigenvalue weighted by atomic mass is 10.1. The van der Waals surface area contributed by atoms with E-state index in [4.69, 9.17) is 16.3 Å². The first-order chi connectivity index (χ1) is 13.1. The molecule has 1 fully saturated rings. The molecule has 1 aliphatic heterocycles. The van der Waals surface area contributed by atoms with Gasteiger partial charge >= 0.3 is 6.09 Å². The summed E-state index contributed by atoms with van der Waals surface area (Å²) < 4.78 is 8.71. The van der Waals surface area contributed by atoms with Crippen LogP contribution in [0.1, 0.15) is 33.6 Å². The molecule has 0 saturated carbocycles. The number of alkyl halides is 1. The Labute approximate surface area is 192 Å². The van der Waals surface area contributed by atoms with Crippen molar-refractivity contribution < 1.29 is 9.53 Å². The summed E-state index contributed by atoms with van der Waals surface area (Å²) in [6.45, 7) is 8.88. The van der Waals surface area contributed by atoms with Gasteiger partial charge in [-0.15, -0.1) is 0 Å². The molecule has 0 N–H and O–H groups in total. The molecule has 10 heteroatoms. The van der Waals surface area contributed by atoms with Crippen LogP contribution in [0, 0.1) is 0 Å². The molecule has 0 bridgehead atoms. The molecule has 0 aromatic carbocycles. The fraction of sp³-hybridized carbons (Fsp3) is 0.611. The first-order valence-corrected chi connectivity index (χ1v) is 11.6. The molecule has 1 aliphatic rings. The maximum Gasteiger partial charge on any atom is 0.416 e. The lowest BCUT2D eigenvalue weighted by Crippen LogP contribution is -2.44. The SMILES string of the molecule is CC(C)(C)OC(=O)N(CCN1CCC(I)CC1)c1cc(Cl)nc2c(Br)cnn12. The van der Waals surface area contributed by atoms with Gasteiger partial charge in [0.25, 0.3) is 0 Å². The van der Waals surface area contributed by atoms with Crippen molar-refractivity contribution in [2.75, 3.05) is 31.1 Å². The highest BCUT2D eigenvalue weighted by atomic mass is 127. The zero-order chi connectivity index (χ0) is 20.5. The quantitative estimate of drug-likeness (QED) is 0.294. The van der Waals surface area contributed by atoms with Crippen LogP contribution in [0.2, 0.25) is 5.15 Å². The second-order valence-corrected chi connectivity index (χ2v) is 10.8. The Hall–Kier alpha value is -0.650. The number of nitrogens with zero attached hydrogens (tertiary/aromatic N) is 5. The van der Waals surface area contributed by atoms with E-state index in [1.54, 1.807) is 21.7 Å². The Kier molecular flexibility index (Phi) is 7.09. The molecule has 0 spiro atoms. The first-order valence-electron chi connectivity index (χ1n) is 9.21. The van der Waals surface area contributed by atoms with Crippen molar-refractivity contribution in [3.05, 3.63) is 21.9 Å². The number of fused-ring (bicyclic) bond motifs is 1. The molecule has 2 aromatic rings. The molecule has 0 aliphatic carbocycles. The monoisotopic (exact) mass is 583 g/mol. The van der Waals surface area contributed by atoms with Crippen molar-refractivity contribution in [1.29, 1.82) is 0 Å². The summed E-state index contributed by atoms with van der Waals surface area (Å²) in [5.41, 5.74) is -0.0444. The summed E-state index contributed by atoms with van der Waals surface area (Å²) in [4.78, 5) is 21.3. The molecule has 1 amide bonds. The number of halogens is 3. The number of rotatable bonds is 4. The summed E-state index contributed by atoms with van der Waals surface area (Å²) >= 11 is 12.2. The van der Waals surface area contributed by atoms with E-state index in [9.17, 15) is 4.79 Å². The van der Waals surface area contributed by atoms with E-state index >= 15 is 0 Å². The van der Waals surface area contributed by atoms with Crippen LogP contribution in [0.25, 0.3) is 5.65 Å². The van der Waals surface area contributed by atoms with E-state index in [0.29, 0.717) is 27.6 Å². The highest BCUT2D eigenvalue weighted by molar-refractivity contribution is 14.1. The number of carbonyl (C=O) groups is 1. The standard InChI is InChI=1S/C18H24BrClIN5O2/c1-18(2,3)28-17(27)25(9-8-24-6-4-12(21)5-7-24)15-10-14(20)23-16-13(19)11-22-26(15)16/h10-12H,4-9H2,1-3H3. The molecule has 28 heavy (non-hydrogen) atoms. The highest BCUT2D eigenvalue weighted by Crippen LogP contribution is 2.26. The second kappa shape index (κ2) is 9.01. The van der Waals surface area contributed by atoms with Gasteiger partial charge < -0.3 is 9.64 Å². The van der Waals surface area contributed by atoms with Gasteiger partial charge in [-0.25, -0.2) is 9.78 Å². The smallest absolute Gasteiger partial charge is 0.416 e. The van der Waals surface area contributed by atoms with Crippen molar-refractivity contribution in [3.8, 4) is 0 Å². The normalized spacial score (nSPS) is 16.5. The summed E-state index contributed by atoms with van der Waals surface area (Å²) in [7, 11) is 0. The fourth-order valence-electron chi connectivity index (χ4n) is 3.07. The van der Waals surface area contributed by atoms with Crippen LogP contribution in [-0.4, -0.2) is 61.3 Å². The predicted octanol–water partition coefficient (Wildman–Crippen LogP) is 4.79. The molecular formula is C18H24BrClIN5O2. The molecule has 0 unspecified atom stereocenters. The summed E-state index contributed by atoms with van der Waals surface area (Å²) in [6, 6.07) is 1.65. The Bertz CT molecular complexity index is 848. The van der Waals surface area contributed by atoms with Crippen LogP contribution in [0.4, 0.5) is 10.6 Å². The molecule has 1 saturated heterocycles. The summed E-state index contributed by atoms with van der Waals surface area (Å²) in [5, 5.41) is 4.64. The lowest BCUT2D eigenvalue weighted by Gasteiger charge is -2.32.